The summed E-state index contributed by atoms with van der Waals surface area (Å²) in [6.07, 6.45) is 7.54. The molecule has 0 aliphatic carbocycles. The molecule has 6 nitrogen and oxygen atoms in total. The molecule has 2 aromatic heterocycles. The number of terminal acetylenes is 1. The van der Waals surface area contributed by atoms with Gasteiger partial charge in [0.25, 0.3) is 0 Å². The summed E-state index contributed by atoms with van der Waals surface area (Å²) in [4.78, 5) is 7.30. The molecule has 0 spiro atoms. The maximum Gasteiger partial charge on any atom is 0.157 e. The quantitative estimate of drug-likeness (QED) is 0.694. The Kier molecular flexibility index (Phi) is 5.18. The first kappa shape index (κ1) is 18.3. The smallest absolute Gasteiger partial charge is 0.157 e. The third kappa shape index (κ3) is 3.95. The lowest BCUT2D eigenvalue weighted by atomic mass is 9.94. The van der Waals surface area contributed by atoms with Gasteiger partial charge in [-0.05, 0) is 44.0 Å². The van der Waals surface area contributed by atoms with Crippen molar-refractivity contribution >= 4 is 11.5 Å². The van der Waals surface area contributed by atoms with E-state index in [1.54, 1.807) is 4.52 Å². The molecule has 2 N–H and O–H groups in total. The van der Waals surface area contributed by atoms with E-state index in [1.807, 2.05) is 31.2 Å². The SMILES string of the molecule is C#CCOc1cccc(CN2CCC[C@H](c3cc(N)n4nc(C)cc4n3)C2)c1. The maximum atomic E-state index is 6.21. The second kappa shape index (κ2) is 7.91. The Bertz CT molecular complexity index is 1020. The molecule has 0 radical (unpaired) electrons. The average molecular weight is 375 g/mol. The minimum atomic E-state index is 0.291. The van der Waals surface area contributed by atoms with Crippen LogP contribution in [0, 0.1) is 19.3 Å². The highest BCUT2D eigenvalue weighted by Gasteiger charge is 2.23. The molecule has 0 amide bonds. The van der Waals surface area contributed by atoms with Gasteiger partial charge in [-0.2, -0.15) is 9.61 Å². The van der Waals surface area contributed by atoms with Crippen LogP contribution in [0.25, 0.3) is 5.65 Å². The van der Waals surface area contributed by atoms with Crippen LogP contribution in [-0.2, 0) is 6.54 Å². The zero-order valence-corrected chi connectivity index (χ0v) is 16.1. The van der Waals surface area contributed by atoms with Crippen LogP contribution in [-0.4, -0.2) is 39.2 Å². The monoisotopic (exact) mass is 375 g/mol. The normalized spacial score (nSPS) is 17.5. The van der Waals surface area contributed by atoms with Gasteiger partial charge in [0.1, 0.15) is 18.2 Å². The van der Waals surface area contributed by atoms with Gasteiger partial charge in [0.2, 0.25) is 0 Å². The number of piperidine rings is 1. The summed E-state index contributed by atoms with van der Waals surface area (Å²) in [5.41, 5.74) is 10.2. The first-order valence-corrected chi connectivity index (χ1v) is 9.63. The molecule has 3 heterocycles. The molecule has 3 aromatic rings. The molecular formula is C22H25N5O. The molecule has 4 rings (SSSR count). The van der Waals surface area contributed by atoms with Crippen LogP contribution >= 0.6 is 0 Å². The summed E-state index contributed by atoms with van der Waals surface area (Å²) in [5, 5.41) is 4.39. The Hall–Kier alpha value is -3.04. The van der Waals surface area contributed by atoms with E-state index in [4.69, 9.17) is 21.9 Å². The molecule has 0 saturated carbocycles. The van der Waals surface area contributed by atoms with E-state index < -0.39 is 0 Å². The number of rotatable bonds is 5. The van der Waals surface area contributed by atoms with Crippen molar-refractivity contribution < 1.29 is 4.74 Å². The van der Waals surface area contributed by atoms with Crippen LogP contribution < -0.4 is 10.5 Å². The molecule has 1 aliphatic heterocycles. The van der Waals surface area contributed by atoms with Gasteiger partial charge < -0.3 is 10.5 Å². The molecule has 0 unspecified atom stereocenters. The average Bonchev–Trinajstić information content (AvgIpc) is 3.08. The lowest BCUT2D eigenvalue weighted by Gasteiger charge is -2.32. The summed E-state index contributed by atoms with van der Waals surface area (Å²) < 4.78 is 7.25. The largest absolute Gasteiger partial charge is 0.481 e. The minimum absolute atomic E-state index is 0.291. The van der Waals surface area contributed by atoms with Crippen LogP contribution in [0.1, 0.15) is 35.7 Å². The Morgan fingerprint density at radius 2 is 2.21 bits per heavy atom. The Labute approximate surface area is 165 Å². The van der Waals surface area contributed by atoms with Crippen LogP contribution in [0.5, 0.6) is 5.75 Å². The number of benzene rings is 1. The number of aryl methyl sites for hydroxylation is 1. The number of likely N-dealkylation sites (tertiary alicyclic amines) is 1. The first-order valence-electron chi connectivity index (χ1n) is 9.63. The Balaban J connectivity index is 1.48. The van der Waals surface area contributed by atoms with Crippen molar-refractivity contribution in [3.8, 4) is 18.1 Å². The number of nitrogens with two attached hydrogens (primary N) is 1. The molecule has 144 valence electrons. The predicted molar refractivity (Wildman–Crippen MR) is 110 cm³/mol. The Morgan fingerprint density at radius 3 is 3.07 bits per heavy atom. The lowest BCUT2D eigenvalue weighted by molar-refractivity contribution is 0.198. The molecule has 0 bridgehead atoms. The topological polar surface area (TPSA) is 68.7 Å². The zero-order chi connectivity index (χ0) is 19.5. The molecule has 28 heavy (non-hydrogen) atoms. The van der Waals surface area contributed by atoms with Gasteiger partial charge in [-0.1, -0.05) is 18.1 Å². The van der Waals surface area contributed by atoms with Gasteiger partial charge in [-0.25, -0.2) is 4.98 Å². The highest BCUT2D eigenvalue weighted by atomic mass is 16.5. The highest BCUT2D eigenvalue weighted by molar-refractivity contribution is 5.48. The van der Waals surface area contributed by atoms with Crippen LogP contribution in [0.2, 0.25) is 0 Å². The standard InChI is InChI=1S/C22H25N5O/c1-3-10-28-19-8-4-6-17(12-19)14-26-9-5-7-18(15-26)20-13-21(23)27-22(24-20)11-16(2)25-27/h1,4,6,8,11-13,18H,5,7,9-10,14-15,23H2,2H3/t18-/m0/s1. The fourth-order valence-corrected chi connectivity index (χ4v) is 3.90. The van der Waals surface area contributed by atoms with E-state index in [-0.39, 0.29) is 0 Å². The van der Waals surface area contributed by atoms with Crippen LogP contribution in [0.3, 0.4) is 0 Å². The summed E-state index contributed by atoms with van der Waals surface area (Å²) in [6.45, 7) is 5.17. The first-order chi connectivity index (χ1) is 13.6. The molecule has 1 fully saturated rings. The summed E-state index contributed by atoms with van der Waals surface area (Å²) in [6, 6.07) is 12.1. The third-order valence-corrected chi connectivity index (χ3v) is 5.15. The predicted octanol–water partition coefficient (Wildman–Crippen LogP) is 3.01. The second-order valence-corrected chi connectivity index (χ2v) is 7.38. The number of anilines is 1. The molecule has 1 atom stereocenters. The van der Waals surface area contributed by atoms with E-state index in [0.29, 0.717) is 18.3 Å². The number of hydrogen-bond donors (Lipinski definition) is 1. The van der Waals surface area contributed by atoms with Crippen LogP contribution in [0.4, 0.5) is 5.82 Å². The van der Waals surface area contributed by atoms with Crippen molar-refractivity contribution in [3.63, 3.8) is 0 Å². The summed E-state index contributed by atoms with van der Waals surface area (Å²) in [7, 11) is 0. The summed E-state index contributed by atoms with van der Waals surface area (Å²) >= 11 is 0. The van der Waals surface area contributed by atoms with Gasteiger partial charge in [0.05, 0.1) is 11.4 Å². The minimum Gasteiger partial charge on any atom is -0.481 e. The fraction of sp³-hybridized carbons (Fsp3) is 0.364. The molecule has 1 aliphatic rings. The number of fused-ring (bicyclic) bond motifs is 1. The number of hydrogen-bond acceptors (Lipinski definition) is 5. The number of aromatic nitrogens is 3. The van der Waals surface area contributed by atoms with Gasteiger partial charge in [-0.15, -0.1) is 6.42 Å². The van der Waals surface area contributed by atoms with Gasteiger partial charge in [0.15, 0.2) is 5.65 Å². The van der Waals surface area contributed by atoms with E-state index in [1.165, 1.54) is 5.56 Å². The van der Waals surface area contributed by atoms with Crippen molar-refractivity contribution in [1.82, 2.24) is 19.5 Å². The van der Waals surface area contributed by atoms with Crippen LogP contribution in [0.15, 0.2) is 36.4 Å². The van der Waals surface area contributed by atoms with Crippen molar-refractivity contribution in [1.29, 1.82) is 0 Å². The number of nitrogen functional groups attached to an aromatic ring is 1. The Morgan fingerprint density at radius 1 is 1.32 bits per heavy atom. The van der Waals surface area contributed by atoms with Gasteiger partial charge in [-0.3, -0.25) is 4.90 Å². The van der Waals surface area contributed by atoms with Crippen molar-refractivity contribution in [2.24, 2.45) is 0 Å². The molecule has 1 saturated heterocycles. The third-order valence-electron chi connectivity index (χ3n) is 5.15. The number of nitrogens with zero attached hydrogens (tertiary/aromatic N) is 4. The molecular weight excluding hydrogens is 350 g/mol. The van der Waals surface area contributed by atoms with E-state index >= 15 is 0 Å². The zero-order valence-electron chi connectivity index (χ0n) is 16.1. The van der Waals surface area contributed by atoms with Crippen molar-refractivity contribution in [2.75, 3.05) is 25.4 Å². The van der Waals surface area contributed by atoms with E-state index in [2.05, 4.69) is 28.1 Å². The fourth-order valence-electron chi connectivity index (χ4n) is 3.90. The number of ether oxygens (including phenoxy) is 1. The second-order valence-electron chi connectivity index (χ2n) is 7.38. The van der Waals surface area contributed by atoms with Crippen molar-refractivity contribution in [2.45, 2.75) is 32.2 Å². The highest BCUT2D eigenvalue weighted by Crippen LogP contribution is 2.28. The lowest BCUT2D eigenvalue weighted by Crippen LogP contribution is -2.34. The van der Waals surface area contributed by atoms with Gasteiger partial charge in [0, 0.05) is 31.1 Å². The molecule has 6 heteroatoms. The molecule has 1 aromatic carbocycles. The summed E-state index contributed by atoms with van der Waals surface area (Å²) in [5.74, 6) is 4.34. The maximum absolute atomic E-state index is 6.21. The van der Waals surface area contributed by atoms with Crippen molar-refractivity contribution in [3.05, 3.63) is 53.3 Å². The van der Waals surface area contributed by atoms with E-state index in [9.17, 15) is 0 Å². The van der Waals surface area contributed by atoms with E-state index in [0.717, 1.165) is 55.3 Å². The van der Waals surface area contributed by atoms with Gasteiger partial charge >= 0.3 is 0 Å².